The molecule has 0 aliphatic carbocycles. The molecule has 3 amide bonds. The highest BCUT2D eigenvalue weighted by Crippen LogP contribution is 2.23. The zero-order chi connectivity index (χ0) is 16.8. The minimum Gasteiger partial charge on any atom is -0.459 e. The van der Waals surface area contributed by atoms with Crippen LogP contribution >= 0.6 is 0 Å². The van der Waals surface area contributed by atoms with Gasteiger partial charge in [-0.1, -0.05) is 32.0 Å². The predicted molar refractivity (Wildman–Crippen MR) is 89.0 cm³/mol. The van der Waals surface area contributed by atoms with E-state index in [4.69, 9.17) is 4.42 Å². The molecule has 0 spiro atoms. The summed E-state index contributed by atoms with van der Waals surface area (Å²) in [6, 6.07) is 9.09. The maximum absolute atomic E-state index is 11.8. The molecule has 6 heteroatoms. The van der Waals surface area contributed by atoms with Crippen molar-refractivity contribution in [1.29, 1.82) is 0 Å². The normalized spacial score (nSPS) is 12.2. The van der Waals surface area contributed by atoms with Crippen LogP contribution in [0.5, 0.6) is 0 Å². The lowest BCUT2D eigenvalue weighted by Gasteiger charge is -2.13. The number of rotatable bonds is 6. The molecule has 2 aromatic rings. The molecule has 23 heavy (non-hydrogen) atoms. The summed E-state index contributed by atoms with van der Waals surface area (Å²) in [7, 11) is 0. The Morgan fingerprint density at radius 1 is 1.09 bits per heavy atom. The smallest absolute Gasteiger partial charge is 0.315 e. The SMILES string of the molecule is CC(C)C(=O)NCCNC(=O)N[C@H](C)c1cc2ccccc2o1. The van der Waals surface area contributed by atoms with E-state index < -0.39 is 0 Å². The molecule has 2 rings (SSSR count). The van der Waals surface area contributed by atoms with Gasteiger partial charge in [0.15, 0.2) is 0 Å². The first-order valence-electron chi connectivity index (χ1n) is 7.78. The third-order valence-electron chi connectivity index (χ3n) is 3.45. The fourth-order valence-corrected chi connectivity index (χ4v) is 2.10. The van der Waals surface area contributed by atoms with Crippen molar-refractivity contribution in [3.63, 3.8) is 0 Å². The van der Waals surface area contributed by atoms with Crippen molar-refractivity contribution in [2.75, 3.05) is 13.1 Å². The fourth-order valence-electron chi connectivity index (χ4n) is 2.10. The fraction of sp³-hybridized carbons (Fsp3) is 0.412. The quantitative estimate of drug-likeness (QED) is 0.716. The van der Waals surface area contributed by atoms with Gasteiger partial charge in [0.1, 0.15) is 11.3 Å². The van der Waals surface area contributed by atoms with E-state index in [0.29, 0.717) is 18.8 Å². The van der Waals surface area contributed by atoms with Crippen molar-refractivity contribution in [3.8, 4) is 0 Å². The van der Waals surface area contributed by atoms with E-state index >= 15 is 0 Å². The van der Waals surface area contributed by atoms with Gasteiger partial charge in [-0.2, -0.15) is 0 Å². The van der Waals surface area contributed by atoms with E-state index in [0.717, 1.165) is 11.0 Å². The molecule has 0 aliphatic heterocycles. The van der Waals surface area contributed by atoms with Gasteiger partial charge < -0.3 is 20.4 Å². The van der Waals surface area contributed by atoms with Gasteiger partial charge in [0.25, 0.3) is 0 Å². The van der Waals surface area contributed by atoms with Gasteiger partial charge in [-0.3, -0.25) is 4.79 Å². The first kappa shape index (κ1) is 16.9. The lowest BCUT2D eigenvalue weighted by Crippen LogP contribution is -2.41. The average molecular weight is 317 g/mol. The Labute approximate surface area is 135 Å². The summed E-state index contributed by atoms with van der Waals surface area (Å²) in [5.41, 5.74) is 0.799. The number of para-hydroxylation sites is 1. The standard InChI is InChI=1S/C17H23N3O3/c1-11(2)16(21)18-8-9-19-17(22)20-12(3)15-10-13-6-4-5-7-14(13)23-15/h4-7,10-12H,8-9H2,1-3H3,(H,18,21)(H2,19,20,22)/t12-/m1/s1. The first-order chi connectivity index (χ1) is 11.0. The van der Waals surface area contributed by atoms with Crippen molar-refractivity contribution in [2.24, 2.45) is 5.92 Å². The van der Waals surface area contributed by atoms with Crippen LogP contribution in [0.15, 0.2) is 34.7 Å². The number of amides is 3. The van der Waals surface area contributed by atoms with Crippen molar-refractivity contribution >= 4 is 22.9 Å². The highest BCUT2D eigenvalue weighted by Gasteiger charge is 2.14. The van der Waals surface area contributed by atoms with Crippen molar-refractivity contribution in [1.82, 2.24) is 16.0 Å². The van der Waals surface area contributed by atoms with Crippen LogP contribution in [-0.4, -0.2) is 25.0 Å². The van der Waals surface area contributed by atoms with E-state index in [1.165, 1.54) is 0 Å². The Morgan fingerprint density at radius 2 is 1.78 bits per heavy atom. The van der Waals surface area contributed by atoms with E-state index in [-0.39, 0.29) is 23.9 Å². The number of fused-ring (bicyclic) bond motifs is 1. The zero-order valence-corrected chi connectivity index (χ0v) is 13.7. The molecular formula is C17H23N3O3. The topological polar surface area (TPSA) is 83.4 Å². The Kier molecular flexibility index (Phi) is 5.62. The summed E-state index contributed by atoms with van der Waals surface area (Å²) in [6.45, 7) is 6.29. The van der Waals surface area contributed by atoms with Crippen molar-refractivity contribution < 1.29 is 14.0 Å². The van der Waals surface area contributed by atoms with Crippen LogP contribution in [0.1, 0.15) is 32.6 Å². The minimum absolute atomic E-state index is 0.0251. The zero-order valence-electron chi connectivity index (χ0n) is 13.7. The molecule has 0 saturated heterocycles. The Bertz CT molecular complexity index is 646. The largest absolute Gasteiger partial charge is 0.459 e. The molecule has 0 unspecified atom stereocenters. The monoisotopic (exact) mass is 317 g/mol. The average Bonchev–Trinajstić information content (AvgIpc) is 2.95. The lowest BCUT2D eigenvalue weighted by molar-refractivity contribution is -0.123. The summed E-state index contributed by atoms with van der Waals surface area (Å²) in [5.74, 6) is 0.620. The molecule has 124 valence electrons. The van der Waals surface area contributed by atoms with Crippen LogP contribution < -0.4 is 16.0 Å². The molecule has 1 heterocycles. The number of urea groups is 1. The molecule has 6 nitrogen and oxygen atoms in total. The van der Waals surface area contributed by atoms with Crippen LogP contribution in [0, 0.1) is 5.92 Å². The summed E-state index contributed by atoms with van der Waals surface area (Å²) < 4.78 is 5.71. The summed E-state index contributed by atoms with van der Waals surface area (Å²) in [6.07, 6.45) is 0. The first-order valence-corrected chi connectivity index (χ1v) is 7.78. The minimum atomic E-state index is -0.295. The van der Waals surface area contributed by atoms with Gasteiger partial charge in [0.05, 0.1) is 6.04 Å². The van der Waals surface area contributed by atoms with Crippen molar-refractivity contribution in [3.05, 3.63) is 36.1 Å². The van der Waals surface area contributed by atoms with Crippen molar-refractivity contribution in [2.45, 2.75) is 26.8 Å². The van der Waals surface area contributed by atoms with Gasteiger partial charge in [-0.25, -0.2) is 4.79 Å². The van der Waals surface area contributed by atoms with Crippen LogP contribution in [0.25, 0.3) is 11.0 Å². The van der Waals surface area contributed by atoms with Gasteiger partial charge >= 0.3 is 6.03 Å². The summed E-state index contributed by atoms with van der Waals surface area (Å²) >= 11 is 0. The third kappa shape index (κ3) is 4.74. The second-order valence-corrected chi connectivity index (χ2v) is 5.75. The molecule has 1 atom stereocenters. The number of furan rings is 1. The molecule has 1 aromatic heterocycles. The maximum atomic E-state index is 11.8. The Balaban J connectivity index is 1.77. The molecule has 0 saturated carbocycles. The van der Waals surface area contributed by atoms with Crippen LogP contribution in [0.4, 0.5) is 4.79 Å². The van der Waals surface area contributed by atoms with Gasteiger partial charge in [-0.05, 0) is 19.1 Å². The van der Waals surface area contributed by atoms with Gasteiger partial charge in [-0.15, -0.1) is 0 Å². The number of nitrogens with one attached hydrogen (secondary N) is 3. The van der Waals surface area contributed by atoms with E-state index in [1.54, 1.807) is 0 Å². The van der Waals surface area contributed by atoms with E-state index in [2.05, 4.69) is 16.0 Å². The molecular weight excluding hydrogens is 294 g/mol. The number of benzene rings is 1. The van der Waals surface area contributed by atoms with Gasteiger partial charge in [0, 0.05) is 24.4 Å². The number of hydrogen-bond donors (Lipinski definition) is 3. The number of hydrogen-bond acceptors (Lipinski definition) is 3. The molecule has 3 N–H and O–H groups in total. The van der Waals surface area contributed by atoms with Gasteiger partial charge in [0.2, 0.25) is 5.91 Å². The number of carbonyl (C=O) groups is 2. The third-order valence-corrected chi connectivity index (χ3v) is 3.45. The molecule has 0 aliphatic rings. The second kappa shape index (κ2) is 7.67. The predicted octanol–water partition coefficient (Wildman–Crippen LogP) is 2.57. The summed E-state index contributed by atoms with van der Waals surface area (Å²) in [5, 5.41) is 9.26. The van der Waals surface area contributed by atoms with E-state index in [1.807, 2.05) is 51.1 Å². The van der Waals surface area contributed by atoms with Crippen LogP contribution in [0.3, 0.4) is 0 Å². The highest BCUT2D eigenvalue weighted by molar-refractivity contribution is 5.79. The lowest BCUT2D eigenvalue weighted by atomic mass is 10.2. The Morgan fingerprint density at radius 3 is 2.48 bits per heavy atom. The van der Waals surface area contributed by atoms with Crippen LogP contribution in [-0.2, 0) is 4.79 Å². The van der Waals surface area contributed by atoms with Crippen LogP contribution in [0.2, 0.25) is 0 Å². The number of carbonyl (C=O) groups excluding carboxylic acids is 2. The molecule has 0 bridgehead atoms. The van der Waals surface area contributed by atoms with E-state index in [9.17, 15) is 9.59 Å². The Hall–Kier alpha value is -2.50. The highest BCUT2D eigenvalue weighted by atomic mass is 16.3. The molecule has 0 fully saturated rings. The maximum Gasteiger partial charge on any atom is 0.315 e. The summed E-state index contributed by atoms with van der Waals surface area (Å²) in [4.78, 5) is 23.2. The second-order valence-electron chi connectivity index (χ2n) is 5.75. The molecule has 0 radical (unpaired) electrons. The molecule has 1 aromatic carbocycles.